The summed E-state index contributed by atoms with van der Waals surface area (Å²) in [6, 6.07) is -0.100. The third kappa shape index (κ3) is 5.22. The normalized spacial score (nSPS) is 28.1. The van der Waals surface area contributed by atoms with E-state index >= 15 is 0 Å². The van der Waals surface area contributed by atoms with Crippen LogP contribution in [-0.4, -0.2) is 54.0 Å². The Morgan fingerprint density at radius 2 is 2.05 bits per heavy atom. The Balaban J connectivity index is 2.75. The van der Waals surface area contributed by atoms with E-state index in [2.05, 4.69) is 5.32 Å². The van der Waals surface area contributed by atoms with Crippen LogP contribution in [-0.2, 0) is 0 Å². The van der Waals surface area contributed by atoms with Gasteiger partial charge in [0.15, 0.2) is 0 Å². The van der Waals surface area contributed by atoms with E-state index in [4.69, 9.17) is 0 Å². The number of halogens is 3. The van der Waals surface area contributed by atoms with Crippen molar-refractivity contribution in [1.82, 2.24) is 10.2 Å². The Kier molecular flexibility index (Phi) is 6.75. The van der Waals surface area contributed by atoms with E-state index in [1.165, 1.54) is 0 Å². The van der Waals surface area contributed by atoms with E-state index < -0.39 is 18.3 Å². The molecular weight excluding hydrogens is 269 g/mol. The zero-order chi connectivity index (χ0) is 15.2. The van der Waals surface area contributed by atoms with Crippen molar-refractivity contribution < 1.29 is 18.3 Å². The van der Waals surface area contributed by atoms with Crippen molar-refractivity contribution >= 4 is 0 Å². The highest BCUT2D eigenvalue weighted by molar-refractivity contribution is 4.96. The molecule has 0 aliphatic heterocycles. The number of aliphatic hydroxyl groups is 1. The first kappa shape index (κ1) is 17.7. The van der Waals surface area contributed by atoms with E-state index in [0.29, 0.717) is 19.4 Å². The number of nitrogens with one attached hydrogen (secondary N) is 1. The van der Waals surface area contributed by atoms with Crippen molar-refractivity contribution in [3.05, 3.63) is 0 Å². The Hall–Kier alpha value is -0.330. The molecule has 120 valence electrons. The molecule has 1 rings (SSSR count). The lowest BCUT2D eigenvalue weighted by atomic mass is 9.78. The Labute approximate surface area is 119 Å². The third-order valence-electron chi connectivity index (χ3n) is 4.08. The second-order valence-electron chi connectivity index (χ2n) is 5.80. The number of aliphatic hydroxyl groups excluding tert-OH is 1. The SMILES string of the molecule is CCCN(CC(F)(F)F)C1CCCC(CO)(NCC)C1. The second-order valence-corrected chi connectivity index (χ2v) is 5.80. The van der Waals surface area contributed by atoms with E-state index in [0.717, 1.165) is 25.8 Å². The van der Waals surface area contributed by atoms with Gasteiger partial charge < -0.3 is 10.4 Å². The smallest absolute Gasteiger partial charge is 0.394 e. The highest BCUT2D eigenvalue weighted by atomic mass is 19.4. The van der Waals surface area contributed by atoms with Crippen LogP contribution in [0.4, 0.5) is 13.2 Å². The topological polar surface area (TPSA) is 35.5 Å². The number of hydrogen-bond donors (Lipinski definition) is 2. The predicted molar refractivity (Wildman–Crippen MR) is 73.7 cm³/mol. The van der Waals surface area contributed by atoms with Crippen LogP contribution in [0.25, 0.3) is 0 Å². The quantitative estimate of drug-likeness (QED) is 0.758. The van der Waals surface area contributed by atoms with Crippen LogP contribution in [0.5, 0.6) is 0 Å². The molecule has 2 unspecified atom stereocenters. The summed E-state index contributed by atoms with van der Waals surface area (Å²) in [5, 5.41) is 12.9. The van der Waals surface area contributed by atoms with E-state index in [9.17, 15) is 18.3 Å². The predicted octanol–water partition coefficient (Wildman–Crippen LogP) is 2.54. The van der Waals surface area contributed by atoms with Crippen molar-refractivity contribution in [2.75, 3.05) is 26.2 Å². The molecule has 20 heavy (non-hydrogen) atoms. The van der Waals surface area contributed by atoms with Gasteiger partial charge in [0, 0.05) is 11.6 Å². The van der Waals surface area contributed by atoms with Crippen LogP contribution in [0.2, 0.25) is 0 Å². The van der Waals surface area contributed by atoms with Gasteiger partial charge in [-0.3, -0.25) is 4.90 Å². The average molecular weight is 296 g/mol. The molecule has 1 aliphatic carbocycles. The van der Waals surface area contributed by atoms with Crippen LogP contribution in [0, 0.1) is 0 Å². The minimum Gasteiger partial charge on any atom is -0.394 e. The van der Waals surface area contributed by atoms with Gasteiger partial charge in [-0.25, -0.2) is 0 Å². The monoisotopic (exact) mass is 296 g/mol. The van der Waals surface area contributed by atoms with E-state index in [-0.39, 0.29) is 12.6 Å². The summed E-state index contributed by atoms with van der Waals surface area (Å²) in [6.45, 7) is 4.18. The van der Waals surface area contributed by atoms with Gasteiger partial charge in [0.25, 0.3) is 0 Å². The van der Waals surface area contributed by atoms with Gasteiger partial charge in [-0.15, -0.1) is 0 Å². The number of nitrogens with zero attached hydrogens (tertiary/aromatic N) is 1. The van der Waals surface area contributed by atoms with Crippen LogP contribution >= 0.6 is 0 Å². The zero-order valence-corrected chi connectivity index (χ0v) is 12.5. The van der Waals surface area contributed by atoms with Crippen molar-refractivity contribution in [3.8, 4) is 0 Å². The maximum absolute atomic E-state index is 12.7. The zero-order valence-electron chi connectivity index (χ0n) is 12.5. The molecule has 6 heteroatoms. The number of hydrogen-bond acceptors (Lipinski definition) is 3. The Bertz CT molecular complexity index is 282. The summed E-state index contributed by atoms with van der Waals surface area (Å²) in [5.74, 6) is 0. The van der Waals surface area contributed by atoms with Gasteiger partial charge in [-0.05, 0) is 45.2 Å². The Morgan fingerprint density at radius 3 is 2.55 bits per heavy atom. The molecule has 0 aromatic carbocycles. The molecule has 2 N–H and O–H groups in total. The first-order chi connectivity index (χ1) is 9.36. The van der Waals surface area contributed by atoms with E-state index in [1.54, 1.807) is 4.90 Å². The maximum Gasteiger partial charge on any atom is 0.401 e. The van der Waals surface area contributed by atoms with E-state index in [1.807, 2.05) is 13.8 Å². The summed E-state index contributed by atoms with van der Waals surface area (Å²) in [7, 11) is 0. The number of likely N-dealkylation sites (N-methyl/N-ethyl adjacent to an activating group) is 1. The maximum atomic E-state index is 12.7. The first-order valence-electron chi connectivity index (χ1n) is 7.52. The van der Waals surface area contributed by atoms with Crippen LogP contribution in [0.1, 0.15) is 46.0 Å². The molecule has 0 aromatic heterocycles. The standard InChI is InChI=1S/C14H27F3N2O/c1-3-8-19(10-14(15,16)17)12-6-5-7-13(9-12,11-20)18-4-2/h12,18,20H,3-11H2,1-2H3. The van der Waals surface area contributed by atoms with Gasteiger partial charge in [-0.1, -0.05) is 13.8 Å². The molecule has 2 atom stereocenters. The fraction of sp³-hybridized carbons (Fsp3) is 1.00. The van der Waals surface area contributed by atoms with Crippen LogP contribution in [0.3, 0.4) is 0 Å². The molecule has 0 spiro atoms. The van der Waals surface area contributed by atoms with Gasteiger partial charge in [-0.2, -0.15) is 13.2 Å². The van der Waals surface area contributed by atoms with Gasteiger partial charge in [0.05, 0.1) is 13.2 Å². The fourth-order valence-corrected chi connectivity index (χ4v) is 3.29. The van der Waals surface area contributed by atoms with Crippen molar-refractivity contribution in [2.24, 2.45) is 0 Å². The van der Waals surface area contributed by atoms with Crippen molar-refractivity contribution in [1.29, 1.82) is 0 Å². The molecule has 1 fully saturated rings. The first-order valence-corrected chi connectivity index (χ1v) is 7.52. The minimum atomic E-state index is -4.16. The second kappa shape index (κ2) is 7.61. The molecule has 0 aromatic rings. The highest BCUT2D eigenvalue weighted by Gasteiger charge is 2.40. The van der Waals surface area contributed by atoms with Crippen LogP contribution in [0.15, 0.2) is 0 Å². The fourth-order valence-electron chi connectivity index (χ4n) is 3.29. The molecule has 3 nitrogen and oxygen atoms in total. The summed E-state index contributed by atoms with van der Waals surface area (Å²) in [5.41, 5.74) is -0.407. The summed E-state index contributed by atoms with van der Waals surface area (Å²) in [6.07, 6.45) is -0.390. The third-order valence-corrected chi connectivity index (χ3v) is 4.08. The van der Waals surface area contributed by atoms with Crippen molar-refractivity contribution in [2.45, 2.75) is 63.7 Å². The summed E-state index contributed by atoms with van der Waals surface area (Å²) < 4.78 is 38.1. The van der Waals surface area contributed by atoms with Gasteiger partial charge >= 0.3 is 6.18 Å². The molecule has 0 bridgehead atoms. The Morgan fingerprint density at radius 1 is 1.35 bits per heavy atom. The molecule has 0 radical (unpaired) electrons. The molecule has 1 saturated carbocycles. The van der Waals surface area contributed by atoms with Crippen molar-refractivity contribution in [3.63, 3.8) is 0 Å². The van der Waals surface area contributed by atoms with Gasteiger partial charge in [0.1, 0.15) is 0 Å². The molecule has 0 saturated heterocycles. The number of alkyl halides is 3. The molecule has 1 aliphatic rings. The van der Waals surface area contributed by atoms with Crippen LogP contribution < -0.4 is 5.32 Å². The molecule has 0 amide bonds. The highest BCUT2D eigenvalue weighted by Crippen LogP contribution is 2.32. The average Bonchev–Trinajstić information content (AvgIpc) is 2.37. The number of rotatable bonds is 7. The summed E-state index contributed by atoms with van der Waals surface area (Å²) >= 11 is 0. The largest absolute Gasteiger partial charge is 0.401 e. The lowest BCUT2D eigenvalue weighted by molar-refractivity contribution is -0.153. The molecule has 0 heterocycles. The molecular formula is C14H27F3N2O. The summed E-state index contributed by atoms with van der Waals surface area (Å²) in [4.78, 5) is 1.54. The lowest BCUT2D eigenvalue weighted by Crippen LogP contribution is -2.56. The lowest BCUT2D eigenvalue weighted by Gasteiger charge is -2.44. The van der Waals surface area contributed by atoms with Gasteiger partial charge in [0.2, 0.25) is 0 Å². The minimum absolute atomic E-state index is 0.0106.